The first-order valence-electron chi connectivity index (χ1n) is 31.4. The Labute approximate surface area is 480 Å². The number of nitrogens with one attached hydrogen (secondary N) is 1. The number of allylic oxidation sites excluding steroid dienone is 19. The van der Waals surface area contributed by atoms with Crippen molar-refractivity contribution in [2.75, 3.05) is 40.9 Å². The average Bonchev–Trinajstić information content (AvgIpc) is 3.40. The first-order chi connectivity index (χ1) is 37.9. The van der Waals surface area contributed by atoms with Crippen LogP contribution in [-0.4, -0.2) is 74.3 Å². The fourth-order valence-corrected chi connectivity index (χ4v) is 9.10. The number of carbonyl (C=O) groups is 2. The van der Waals surface area contributed by atoms with Crippen molar-refractivity contribution < 1.29 is 37.3 Å². The molecular formula is C68H118N2O7P+. The standard InChI is InChI=1S/C68H117N2O7P/c1-7-10-13-16-19-22-25-28-30-32-33-34-35-36-37-38-40-43-46-49-52-55-58-61-68(72)77-66(59-56-53-50-47-44-41-27-24-21-18-15-12-9-3)65(64-76-78(73,74)75-63-62-70(4,5)6)69-67(71)60-57-54-51-48-45-42-39-31-29-26-23-20-17-14-11-8-2/h10-11,13-14,19-20,22-23,28-31,33-34,36-37,42,45,56,59,65-66H,7-9,12,15-18,21,24-27,32,35,38-41,43-44,46-55,57-58,60-64H2,1-6H3,(H-,69,71,73,74)/p+1/b13-10-,14-11+,22-19-,23-20+,30-28-,31-29+,34-33-,37-36-,45-42+,59-56-. The first-order valence-corrected chi connectivity index (χ1v) is 32.9. The van der Waals surface area contributed by atoms with Gasteiger partial charge in [0.2, 0.25) is 5.91 Å². The lowest BCUT2D eigenvalue weighted by Crippen LogP contribution is -2.47. The Hall–Kier alpha value is -3.59. The van der Waals surface area contributed by atoms with E-state index in [0.29, 0.717) is 23.9 Å². The van der Waals surface area contributed by atoms with Gasteiger partial charge >= 0.3 is 13.8 Å². The van der Waals surface area contributed by atoms with Crippen LogP contribution in [0.1, 0.15) is 245 Å². The van der Waals surface area contributed by atoms with Gasteiger partial charge in [-0.25, -0.2) is 4.57 Å². The molecule has 446 valence electrons. The van der Waals surface area contributed by atoms with Gasteiger partial charge in [-0.1, -0.05) is 239 Å². The maximum atomic E-state index is 13.5. The molecule has 1 amide bonds. The van der Waals surface area contributed by atoms with Crippen LogP contribution in [-0.2, 0) is 27.9 Å². The second-order valence-corrected chi connectivity index (χ2v) is 23.3. The first kappa shape index (κ1) is 74.4. The van der Waals surface area contributed by atoms with Gasteiger partial charge in [0.05, 0.1) is 33.8 Å². The van der Waals surface area contributed by atoms with Gasteiger partial charge in [0.25, 0.3) is 0 Å². The highest BCUT2D eigenvalue weighted by molar-refractivity contribution is 7.47. The van der Waals surface area contributed by atoms with Crippen LogP contribution in [0.3, 0.4) is 0 Å². The molecule has 0 aliphatic heterocycles. The Bertz CT molecular complexity index is 1750. The molecule has 0 heterocycles. The predicted octanol–water partition coefficient (Wildman–Crippen LogP) is 19.5. The van der Waals surface area contributed by atoms with Gasteiger partial charge in [-0.05, 0) is 115 Å². The zero-order valence-corrected chi connectivity index (χ0v) is 51.8. The highest BCUT2D eigenvalue weighted by atomic mass is 31.2. The summed E-state index contributed by atoms with van der Waals surface area (Å²) in [6.45, 7) is 6.74. The number of rotatable bonds is 55. The molecule has 0 fully saturated rings. The van der Waals surface area contributed by atoms with Crippen LogP contribution in [0.2, 0.25) is 0 Å². The smallest absolute Gasteiger partial charge is 0.456 e. The lowest BCUT2D eigenvalue weighted by atomic mass is 10.0. The number of phosphoric acid groups is 1. The zero-order valence-electron chi connectivity index (χ0n) is 50.9. The maximum absolute atomic E-state index is 13.5. The summed E-state index contributed by atoms with van der Waals surface area (Å²) in [7, 11) is 1.45. The molecule has 78 heavy (non-hydrogen) atoms. The zero-order chi connectivity index (χ0) is 57.2. The predicted molar refractivity (Wildman–Crippen MR) is 336 cm³/mol. The molecule has 0 rings (SSSR count). The quantitative estimate of drug-likeness (QED) is 0.0205. The van der Waals surface area contributed by atoms with E-state index in [-0.39, 0.29) is 37.9 Å². The van der Waals surface area contributed by atoms with Crippen LogP contribution in [0.5, 0.6) is 0 Å². The molecule has 0 aromatic carbocycles. The Kier molecular flexibility index (Phi) is 54.1. The van der Waals surface area contributed by atoms with Crippen LogP contribution < -0.4 is 5.32 Å². The number of hydrogen-bond donors (Lipinski definition) is 2. The minimum Gasteiger partial charge on any atom is -0.456 e. The number of nitrogens with zero attached hydrogens (tertiary/aromatic N) is 1. The van der Waals surface area contributed by atoms with Crippen molar-refractivity contribution in [3.05, 3.63) is 122 Å². The number of amides is 1. The van der Waals surface area contributed by atoms with Crippen LogP contribution in [0, 0.1) is 0 Å². The molecular weight excluding hydrogens is 988 g/mol. The van der Waals surface area contributed by atoms with Crippen molar-refractivity contribution in [3.8, 4) is 0 Å². The average molecular weight is 1110 g/mol. The summed E-state index contributed by atoms with van der Waals surface area (Å²) in [4.78, 5) is 37.7. The van der Waals surface area contributed by atoms with Crippen LogP contribution in [0.15, 0.2) is 122 Å². The highest BCUT2D eigenvalue weighted by Gasteiger charge is 2.30. The molecule has 0 spiro atoms. The van der Waals surface area contributed by atoms with Gasteiger partial charge in [0, 0.05) is 12.8 Å². The summed E-state index contributed by atoms with van der Waals surface area (Å²) in [6, 6.07) is -0.878. The number of phosphoric ester groups is 1. The summed E-state index contributed by atoms with van der Waals surface area (Å²) in [5, 5.41) is 3.03. The maximum Gasteiger partial charge on any atom is 0.472 e. The molecule has 0 aromatic heterocycles. The van der Waals surface area contributed by atoms with E-state index in [1.54, 1.807) is 0 Å². The fourth-order valence-electron chi connectivity index (χ4n) is 8.37. The van der Waals surface area contributed by atoms with Gasteiger partial charge in [-0.15, -0.1) is 0 Å². The third kappa shape index (κ3) is 57.1. The van der Waals surface area contributed by atoms with Gasteiger partial charge in [0.1, 0.15) is 19.3 Å². The molecule has 0 aliphatic carbocycles. The summed E-state index contributed by atoms with van der Waals surface area (Å²) in [5.41, 5.74) is 0. The van der Waals surface area contributed by atoms with E-state index in [4.69, 9.17) is 13.8 Å². The number of hydrogen-bond acceptors (Lipinski definition) is 6. The van der Waals surface area contributed by atoms with E-state index in [2.05, 4.69) is 135 Å². The van der Waals surface area contributed by atoms with E-state index in [0.717, 1.165) is 122 Å². The van der Waals surface area contributed by atoms with Crippen LogP contribution in [0.25, 0.3) is 0 Å². The molecule has 0 aromatic rings. The van der Waals surface area contributed by atoms with Crippen molar-refractivity contribution in [2.45, 2.75) is 258 Å². The molecule has 0 aliphatic rings. The summed E-state index contributed by atoms with van der Waals surface area (Å²) in [6.07, 6.45) is 79.1. The third-order valence-corrected chi connectivity index (χ3v) is 14.1. The SMILES string of the molecule is CC/C=C\C/C=C\C/C=C\C/C=C\C/C=C\CCCCCCCCCC(=O)OC(/C=C\CCCCCCCCCCCCC)C(COP(=O)(O)OCC[N+](C)(C)C)NC(=O)CCCCC/C=C/C/C=C/C/C=C/C/C=C/CC. The van der Waals surface area contributed by atoms with Crippen LogP contribution >= 0.6 is 7.82 Å². The second-order valence-electron chi connectivity index (χ2n) is 21.8. The summed E-state index contributed by atoms with van der Waals surface area (Å²) in [5.74, 6) is -0.561. The fraction of sp³-hybridized carbons (Fsp3) is 0.676. The number of likely N-dealkylation sites (N-methyl/N-ethyl adjacent to an activating group) is 1. The number of esters is 1. The monoisotopic (exact) mass is 1110 g/mol. The second kappa shape index (κ2) is 56.7. The number of ether oxygens (including phenoxy) is 1. The molecule has 3 atom stereocenters. The molecule has 2 N–H and O–H groups in total. The molecule has 0 saturated carbocycles. The van der Waals surface area contributed by atoms with Gasteiger partial charge < -0.3 is 19.4 Å². The van der Waals surface area contributed by atoms with E-state index in [1.807, 2.05) is 33.3 Å². The van der Waals surface area contributed by atoms with E-state index in [9.17, 15) is 19.0 Å². The van der Waals surface area contributed by atoms with Gasteiger partial charge in [-0.2, -0.15) is 0 Å². The Morgan fingerprint density at radius 2 is 0.821 bits per heavy atom. The number of unbranched alkanes of at least 4 members (excludes halogenated alkanes) is 21. The summed E-state index contributed by atoms with van der Waals surface area (Å²) >= 11 is 0. The van der Waals surface area contributed by atoms with E-state index >= 15 is 0 Å². The minimum absolute atomic E-state index is 0.0254. The Morgan fingerprint density at radius 1 is 0.462 bits per heavy atom. The lowest BCUT2D eigenvalue weighted by Gasteiger charge is -2.27. The van der Waals surface area contributed by atoms with Crippen molar-refractivity contribution in [1.82, 2.24) is 5.32 Å². The molecule has 0 bridgehead atoms. The normalized spacial score (nSPS) is 14.5. The Balaban J connectivity index is 5.32. The topological polar surface area (TPSA) is 111 Å². The van der Waals surface area contributed by atoms with Crippen molar-refractivity contribution in [3.63, 3.8) is 0 Å². The molecule has 0 saturated heterocycles. The summed E-state index contributed by atoms with van der Waals surface area (Å²) < 4.78 is 30.7. The third-order valence-electron chi connectivity index (χ3n) is 13.1. The molecule has 9 nitrogen and oxygen atoms in total. The minimum atomic E-state index is -4.47. The highest BCUT2D eigenvalue weighted by Crippen LogP contribution is 2.43. The van der Waals surface area contributed by atoms with Gasteiger partial charge in [0.15, 0.2) is 0 Å². The van der Waals surface area contributed by atoms with Gasteiger partial charge in [-0.3, -0.25) is 18.6 Å². The largest absolute Gasteiger partial charge is 0.472 e. The van der Waals surface area contributed by atoms with Crippen molar-refractivity contribution in [2.24, 2.45) is 0 Å². The molecule has 10 heteroatoms. The Morgan fingerprint density at radius 3 is 1.24 bits per heavy atom. The molecule has 0 radical (unpaired) electrons. The van der Waals surface area contributed by atoms with E-state index < -0.39 is 20.0 Å². The van der Waals surface area contributed by atoms with Crippen LogP contribution in [0.4, 0.5) is 0 Å². The number of quaternary nitrogens is 1. The molecule has 3 unspecified atom stereocenters. The lowest BCUT2D eigenvalue weighted by molar-refractivity contribution is -0.870. The van der Waals surface area contributed by atoms with E-state index in [1.165, 1.54) is 77.0 Å². The van der Waals surface area contributed by atoms with Crippen molar-refractivity contribution in [1.29, 1.82) is 0 Å². The van der Waals surface area contributed by atoms with Crippen molar-refractivity contribution >= 4 is 19.7 Å². The number of carbonyl (C=O) groups excluding carboxylic acids is 2.